The third kappa shape index (κ3) is 4.55. The fourth-order valence-corrected chi connectivity index (χ4v) is 2.14. The average molecular weight is 256 g/mol. The number of rotatable bonds is 4. The zero-order valence-corrected chi connectivity index (χ0v) is 11.5. The molecule has 1 rings (SSSR count). The minimum Gasteiger partial charge on any atom is -0.480 e. The molecule has 0 spiro atoms. The van der Waals surface area contributed by atoms with Crippen molar-refractivity contribution in [1.29, 1.82) is 0 Å². The van der Waals surface area contributed by atoms with Crippen LogP contribution in [-0.4, -0.2) is 41.1 Å². The van der Waals surface area contributed by atoms with Gasteiger partial charge >= 0.3 is 12.0 Å². The van der Waals surface area contributed by atoms with Crippen molar-refractivity contribution in [2.75, 3.05) is 13.1 Å². The normalized spacial score (nSPS) is 18.8. The molecule has 18 heavy (non-hydrogen) atoms. The van der Waals surface area contributed by atoms with Gasteiger partial charge in [0.2, 0.25) is 0 Å². The summed E-state index contributed by atoms with van der Waals surface area (Å²) in [4.78, 5) is 24.7. The van der Waals surface area contributed by atoms with Gasteiger partial charge in [0.25, 0.3) is 0 Å². The fourth-order valence-electron chi connectivity index (χ4n) is 2.14. The maximum absolute atomic E-state index is 12.0. The largest absolute Gasteiger partial charge is 0.480 e. The minimum atomic E-state index is -0.956. The van der Waals surface area contributed by atoms with E-state index in [-0.39, 0.29) is 11.9 Å². The van der Waals surface area contributed by atoms with Gasteiger partial charge in [-0.3, -0.25) is 0 Å². The van der Waals surface area contributed by atoms with Gasteiger partial charge in [-0.2, -0.15) is 0 Å². The molecule has 2 amide bonds. The predicted molar refractivity (Wildman–Crippen MR) is 69.4 cm³/mol. The van der Waals surface area contributed by atoms with Gasteiger partial charge in [0.05, 0.1) is 0 Å². The van der Waals surface area contributed by atoms with Gasteiger partial charge in [0, 0.05) is 13.1 Å². The number of likely N-dealkylation sites (tertiary alicyclic amines) is 1. The SMILES string of the molecule is CC(C)CC(NC(=O)N1CCC(C)CC1)C(=O)O. The number of hydrogen-bond donors (Lipinski definition) is 2. The molecular weight excluding hydrogens is 232 g/mol. The summed E-state index contributed by atoms with van der Waals surface area (Å²) in [6.07, 6.45) is 2.45. The van der Waals surface area contributed by atoms with E-state index in [4.69, 9.17) is 5.11 Å². The van der Waals surface area contributed by atoms with Crippen molar-refractivity contribution < 1.29 is 14.7 Å². The van der Waals surface area contributed by atoms with E-state index >= 15 is 0 Å². The Kier molecular flexibility index (Phi) is 5.44. The molecule has 0 saturated carbocycles. The zero-order chi connectivity index (χ0) is 13.7. The van der Waals surface area contributed by atoms with Gasteiger partial charge in [-0.25, -0.2) is 9.59 Å². The molecule has 1 heterocycles. The van der Waals surface area contributed by atoms with Crippen LogP contribution in [-0.2, 0) is 4.79 Å². The number of carbonyl (C=O) groups is 2. The Labute approximate surface area is 109 Å². The molecule has 0 aromatic heterocycles. The minimum absolute atomic E-state index is 0.241. The highest BCUT2D eigenvalue weighted by atomic mass is 16.4. The first kappa shape index (κ1) is 14.8. The molecule has 5 nitrogen and oxygen atoms in total. The van der Waals surface area contributed by atoms with E-state index < -0.39 is 12.0 Å². The van der Waals surface area contributed by atoms with Crippen LogP contribution in [0.4, 0.5) is 4.79 Å². The number of aliphatic carboxylic acids is 1. The third-order valence-corrected chi connectivity index (χ3v) is 3.37. The van der Waals surface area contributed by atoms with Crippen molar-refractivity contribution in [3.63, 3.8) is 0 Å². The molecule has 1 fully saturated rings. The van der Waals surface area contributed by atoms with E-state index in [0.29, 0.717) is 12.3 Å². The quantitative estimate of drug-likeness (QED) is 0.807. The van der Waals surface area contributed by atoms with E-state index in [0.717, 1.165) is 25.9 Å². The smallest absolute Gasteiger partial charge is 0.326 e. The van der Waals surface area contributed by atoms with Gasteiger partial charge in [0.15, 0.2) is 0 Å². The second-order valence-corrected chi connectivity index (χ2v) is 5.64. The summed E-state index contributed by atoms with van der Waals surface area (Å²) in [5.41, 5.74) is 0. The van der Waals surface area contributed by atoms with E-state index in [2.05, 4.69) is 12.2 Å². The molecule has 0 aromatic carbocycles. The number of carboxylic acids is 1. The van der Waals surface area contributed by atoms with Crippen LogP contribution in [0.3, 0.4) is 0 Å². The van der Waals surface area contributed by atoms with Crippen LogP contribution in [0.15, 0.2) is 0 Å². The molecule has 0 radical (unpaired) electrons. The highest BCUT2D eigenvalue weighted by molar-refractivity contribution is 5.82. The molecule has 5 heteroatoms. The summed E-state index contributed by atoms with van der Waals surface area (Å²) in [5.74, 6) is -0.0600. The van der Waals surface area contributed by atoms with Gasteiger partial charge in [-0.1, -0.05) is 20.8 Å². The van der Waals surface area contributed by atoms with Crippen LogP contribution in [0, 0.1) is 11.8 Å². The van der Waals surface area contributed by atoms with Crippen molar-refractivity contribution in [2.24, 2.45) is 11.8 Å². The molecule has 2 N–H and O–H groups in total. The monoisotopic (exact) mass is 256 g/mol. The molecule has 1 aliphatic rings. The topological polar surface area (TPSA) is 69.6 Å². The van der Waals surface area contributed by atoms with Crippen molar-refractivity contribution >= 4 is 12.0 Å². The summed E-state index contributed by atoms with van der Waals surface area (Å²) in [7, 11) is 0. The Bertz CT molecular complexity index is 297. The lowest BCUT2D eigenvalue weighted by molar-refractivity contribution is -0.139. The lowest BCUT2D eigenvalue weighted by atomic mass is 9.99. The van der Waals surface area contributed by atoms with Gasteiger partial charge in [0.1, 0.15) is 6.04 Å². The van der Waals surface area contributed by atoms with Crippen LogP contribution in [0.25, 0.3) is 0 Å². The molecule has 104 valence electrons. The van der Waals surface area contributed by atoms with E-state index in [1.54, 1.807) is 4.90 Å². The van der Waals surface area contributed by atoms with Crippen molar-refractivity contribution in [1.82, 2.24) is 10.2 Å². The number of hydrogen-bond acceptors (Lipinski definition) is 2. The maximum atomic E-state index is 12.0. The second kappa shape index (κ2) is 6.61. The average Bonchev–Trinajstić information content (AvgIpc) is 2.28. The predicted octanol–water partition coefficient (Wildman–Crippen LogP) is 1.93. The Balaban J connectivity index is 2.48. The summed E-state index contributed by atoms with van der Waals surface area (Å²) >= 11 is 0. The first-order chi connectivity index (χ1) is 8.40. The van der Waals surface area contributed by atoms with Gasteiger partial charge < -0.3 is 15.3 Å². The van der Waals surface area contributed by atoms with Crippen molar-refractivity contribution in [3.8, 4) is 0 Å². The van der Waals surface area contributed by atoms with Crippen LogP contribution < -0.4 is 5.32 Å². The number of nitrogens with one attached hydrogen (secondary N) is 1. The summed E-state index contributed by atoms with van der Waals surface area (Å²) in [5, 5.41) is 11.7. The molecule has 0 aromatic rings. The standard InChI is InChI=1S/C13H24N2O3/c1-9(2)8-11(12(16)17)14-13(18)15-6-4-10(3)5-7-15/h9-11H,4-8H2,1-3H3,(H,14,18)(H,16,17). The number of piperidine rings is 1. The number of carboxylic acid groups (broad SMARTS) is 1. The first-order valence-electron chi connectivity index (χ1n) is 6.68. The Hall–Kier alpha value is -1.26. The van der Waals surface area contributed by atoms with E-state index in [1.807, 2.05) is 13.8 Å². The maximum Gasteiger partial charge on any atom is 0.326 e. The molecular formula is C13H24N2O3. The third-order valence-electron chi connectivity index (χ3n) is 3.37. The Morgan fingerprint density at radius 2 is 1.89 bits per heavy atom. The van der Waals surface area contributed by atoms with Crippen LogP contribution >= 0.6 is 0 Å². The number of urea groups is 1. The number of carbonyl (C=O) groups excluding carboxylic acids is 1. The fraction of sp³-hybridized carbons (Fsp3) is 0.846. The van der Waals surface area contributed by atoms with Crippen LogP contribution in [0.1, 0.15) is 40.0 Å². The molecule has 1 aliphatic heterocycles. The molecule has 1 unspecified atom stereocenters. The molecule has 0 aliphatic carbocycles. The Morgan fingerprint density at radius 1 is 1.33 bits per heavy atom. The number of nitrogens with zero attached hydrogens (tertiary/aromatic N) is 1. The van der Waals surface area contributed by atoms with Crippen LogP contribution in [0.2, 0.25) is 0 Å². The lowest BCUT2D eigenvalue weighted by Gasteiger charge is -2.31. The summed E-state index contributed by atoms with van der Waals surface area (Å²) in [6, 6.07) is -1.02. The van der Waals surface area contributed by atoms with Crippen molar-refractivity contribution in [2.45, 2.75) is 46.1 Å². The van der Waals surface area contributed by atoms with E-state index in [1.165, 1.54) is 0 Å². The first-order valence-corrected chi connectivity index (χ1v) is 6.68. The van der Waals surface area contributed by atoms with Gasteiger partial charge in [-0.15, -0.1) is 0 Å². The van der Waals surface area contributed by atoms with Crippen LogP contribution in [0.5, 0.6) is 0 Å². The summed E-state index contributed by atoms with van der Waals surface area (Å²) < 4.78 is 0. The number of amides is 2. The van der Waals surface area contributed by atoms with Gasteiger partial charge in [-0.05, 0) is 31.1 Å². The van der Waals surface area contributed by atoms with E-state index in [9.17, 15) is 9.59 Å². The highest BCUT2D eigenvalue weighted by Crippen LogP contribution is 2.16. The molecule has 1 saturated heterocycles. The lowest BCUT2D eigenvalue weighted by Crippen LogP contribution is -2.50. The summed E-state index contributed by atoms with van der Waals surface area (Å²) in [6.45, 7) is 7.52. The second-order valence-electron chi connectivity index (χ2n) is 5.64. The Morgan fingerprint density at radius 3 is 2.33 bits per heavy atom. The van der Waals surface area contributed by atoms with Crippen molar-refractivity contribution in [3.05, 3.63) is 0 Å². The zero-order valence-electron chi connectivity index (χ0n) is 11.5. The molecule has 0 bridgehead atoms. The highest BCUT2D eigenvalue weighted by Gasteiger charge is 2.25. The molecule has 1 atom stereocenters.